The van der Waals surface area contributed by atoms with Crippen LogP contribution in [-0.4, -0.2) is 23.8 Å². The molecule has 4 rings (SSSR count). The molecule has 1 unspecified atom stereocenters. The highest BCUT2D eigenvalue weighted by molar-refractivity contribution is 5.89. The Labute approximate surface area is 216 Å². The summed E-state index contributed by atoms with van der Waals surface area (Å²) in [4.78, 5) is 29.0. The molecule has 4 aromatic carbocycles. The number of para-hydroxylation sites is 1. The lowest BCUT2D eigenvalue weighted by atomic mass is 10.0. The third-order valence-electron chi connectivity index (χ3n) is 6.11. The van der Waals surface area contributed by atoms with Gasteiger partial charge in [-0.1, -0.05) is 91.0 Å². The van der Waals surface area contributed by atoms with Gasteiger partial charge in [-0.3, -0.25) is 9.59 Å². The molecular formula is C31H29FN2O3. The van der Waals surface area contributed by atoms with Crippen molar-refractivity contribution in [3.8, 4) is 5.75 Å². The molecule has 2 amide bonds. The van der Waals surface area contributed by atoms with Crippen molar-refractivity contribution in [2.45, 2.75) is 25.6 Å². The normalized spacial score (nSPS) is 11.4. The van der Waals surface area contributed by atoms with E-state index in [0.717, 1.165) is 16.7 Å². The number of nitrogens with zero attached hydrogens (tertiary/aromatic N) is 1. The molecule has 37 heavy (non-hydrogen) atoms. The van der Waals surface area contributed by atoms with E-state index in [-0.39, 0.29) is 37.1 Å². The summed E-state index contributed by atoms with van der Waals surface area (Å²) in [7, 11) is 1.58. The fraction of sp³-hybridized carbons (Fsp3) is 0.161. The molecule has 0 bridgehead atoms. The van der Waals surface area contributed by atoms with E-state index in [0.29, 0.717) is 11.3 Å². The summed E-state index contributed by atoms with van der Waals surface area (Å²) in [6.45, 7) is 0.386. The Morgan fingerprint density at radius 1 is 0.811 bits per heavy atom. The smallest absolute Gasteiger partial charge is 0.247 e. The lowest BCUT2D eigenvalue weighted by molar-refractivity contribution is -0.141. The number of carbonyl (C=O) groups excluding carboxylic acids is 2. The fourth-order valence-corrected chi connectivity index (χ4v) is 4.22. The van der Waals surface area contributed by atoms with Crippen LogP contribution in [0, 0.1) is 5.82 Å². The third-order valence-corrected chi connectivity index (χ3v) is 6.11. The lowest BCUT2D eigenvalue weighted by Gasteiger charge is -2.32. The minimum absolute atomic E-state index is 0.130. The number of methoxy groups -OCH3 is 1. The summed E-state index contributed by atoms with van der Waals surface area (Å²) < 4.78 is 19.0. The van der Waals surface area contributed by atoms with Crippen molar-refractivity contribution in [3.05, 3.63) is 137 Å². The highest BCUT2D eigenvalue weighted by Gasteiger charge is 2.31. The average molecular weight is 497 g/mol. The first-order valence-electron chi connectivity index (χ1n) is 12.1. The Morgan fingerprint density at radius 2 is 1.43 bits per heavy atom. The van der Waals surface area contributed by atoms with Gasteiger partial charge in [0.1, 0.15) is 17.6 Å². The molecule has 4 aromatic rings. The molecule has 0 heterocycles. The van der Waals surface area contributed by atoms with Crippen LogP contribution in [0.5, 0.6) is 5.75 Å². The van der Waals surface area contributed by atoms with Crippen molar-refractivity contribution in [2.75, 3.05) is 7.11 Å². The molecule has 0 saturated carbocycles. The Kier molecular flexibility index (Phi) is 8.66. The maximum Gasteiger partial charge on any atom is 0.247 e. The maximum atomic E-state index is 13.8. The number of hydrogen-bond donors (Lipinski definition) is 1. The van der Waals surface area contributed by atoms with Crippen LogP contribution in [-0.2, 0) is 29.1 Å². The predicted octanol–water partition coefficient (Wildman–Crippen LogP) is 5.46. The van der Waals surface area contributed by atoms with Crippen LogP contribution in [0.15, 0.2) is 109 Å². The standard InChI is InChI=1S/C31H29FN2O3/c1-37-28-15-9-8-14-26(28)21-33-31(36)30(25-12-6-3-7-13-25)34(22-24-16-18-27(32)19-17-24)29(35)20-23-10-4-2-5-11-23/h2-19,30H,20-22H2,1H3,(H,33,36). The largest absolute Gasteiger partial charge is 0.496 e. The zero-order chi connectivity index (χ0) is 26.0. The van der Waals surface area contributed by atoms with Gasteiger partial charge in [0.25, 0.3) is 0 Å². The van der Waals surface area contributed by atoms with Gasteiger partial charge in [-0.25, -0.2) is 4.39 Å². The number of amides is 2. The Balaban J connectivity index is 1.67. The first kappa shape index (κ1) is 25.6. The second-order valence-electron chi connectivity index (χ2n) is 8.65. The van der Waals surface area contributed by atoms with Gasteiger partial charge in [0.2, 0.25) is 11.8 Å². The number of nitrogens with one attached hydrogen (secondary N) is 1. The average Bonchev–Trinajstić information content (AvgIpc) is 2.94. The van der Waals surface area contributed by atoms with E-state index >= 15 is 0 Å². The maximum absolute atomic E-state index is 13.8. The molecular weight excluding hydrogens is 467 g/mol. The molecule has 0 aliphatic rings. The Hall–Kier alpha value is -4.45. The molecule has 5 nitrogen and oxygen atoms in total. The first-order chi connectivity index (χ1) is 18.0. The molecule has 188 valence electrons. The van der Waals surface area contributed by atoms with E-state index in [2.05, 4.69) is 5.32 Å². The molecule has 0 fully saturated rings. The van der Waals surface area contributed by atoms with Gasteiger partial charge in [0, 0.05) is 18.7 Å². The molecule has 0 saturated heterocycles. The van der Waals surface area contributed by atoms with Crippen LogP contribution >= 0.6 is 0 Å². The van der Waals surface area contributed by atoms with Crippen LogP contribution in [0.2, 0.25) is 0 Å². The lowest BCUT2D eigenvalue weighted by Crippen LogP contribution is -2.43. The highest BCUT2D eigenvalue weighted by atomic mass is 19.1. The van der Waals surface area contributed by atoms with Gasteiger partial charge in [-0.15, -0.1) is 0 Å². The van der Waals surface area contributed by atoms with Gasteiger partial charge < -0.3 is 15.0 Å². The molecule has 6 heteroatoms. The van der Waals surface area contributed by atoms with E-state index in [9.17, 15) is 14.0 Å². The first-order valence-corrected chi connectivity index (χ1v) is 12.1. The molecule has 0 radical (unpaired) electrons. The van der Waals surface area contributed by atoms with Crippen molar-refractivity contribution < 1.29 is 18.7 Å². The molecule has 0 aliphatic carbocycles. The van der Waals surface area contributed by atoms with Crippen LogP contribution < -0.4 is 10.1 Å². The molecule has 1 N–H and O–H groups in total. The van der Waals surface area contributed by atoms with Crippen LogP contribution in [0.3, 0.4) is 0 Å². The second-order valence-corrected chi connectivity index (χ2v) is 8.65. The van der Waals surface area contributed by atoms with Gasteiger partial charge in [-0.05, 0) is 34.9 Å². The monoisotopic (exact) mass is 496 g/mol. The van der Waals surface area contributed by atoms with Crippen LogP contribution in [0.1, 0.15) is 28.3 Å². The predicted molar refractivity (Wildman–Crippen MR) is 141 cm³/mol. The zero-order valence-corrected chi connectivity index (χ0v) is 20.6. The number of rotatable bonds is 10. The van der Waals surface area contributed by atoms with Gasteiger partial charge in [-0.2, -0.15) is 0 Å². The van der Waals surface area contributed by atoms with Crippen molar-refractivity contribution >= 4 is 11.8 Å². The summed E-state index contributed by atoms with van der Waals surface area (Å²) in [5.74, 6) is -0.222. The molecule has 0 aliphatic heterocycles. The van der Waals surface area contributed by atoms with E-state index in [1.807, 2.05) is 84.9 Å². The highest BCUT2D eigenvalue weighted by Crippen LogP contribution is 2.26. The SMILES string of the molecule is COc1ccccc1CNC(=O)C(c1ccccc1)N(Cc1ccc(F)cc1)C(=O)Cc1ccccc1. The van der Waals surface area contributed by atoms with Crippen LogP contribution in [0.25, 0.3) is 0 Å². The summed E-state index contributed by atoms with van der Waals surface area (Å²) in [6, 6.07) is 31.2. The van der Waals surface area contributed by atoms with E-state index in [4.69, 9.17) is 4.74 Å². The number of hydrogen-bond acceptors (Lipinski definition) is 3. The molecule has 1 atom stereocenters. The van der Waals surface area contributed by atoms with Crippen molar-refractivity contribution in [1.29, 1.82) is 0 Å². The summed E-state index contributed by atoms with van der Waals surface area (Å²) in [6.07, 6.45) is 0.130. The van der Waals surface area contributed by atoms with Crippen molar-refractivity contribution in [3.63, 3.8) is 0 Å². The third kappa shape index (κ3) is 6.82. The van der Waals surface area contributed by atoms with E-state index in [1.165, 1.54) is 12.1 Å². The number of carbonyl (C=O) groups is 2. The second kappa shape index (κ2) is 12.5. The zero-order valence-electron chi connectivity index (χ0n) is 20.6. The Bertz CT molecular complexity index is 1310. The number of ether oxygens (including phenoxy) is 1. The van der Waals surface area contributed by atoms with Crippen LogP contribution in [0.4, 0.5) is 4.39 Å². The number of benzene rings is 4. The fourth-order valence-electron chi connectivity index (χ4n) is 4.22. The topological polar surface area (TPSA) is 58.6 Å². The molecule has 0 spiro atoms. The minimum atomic E-state index is -0.892. The van der Waals surface area contributed by atoms with E-state index < -0.39 is 6.04 Å². The minimum Gasteiger partial charge on any atom is -0.496 e. The molecule has 0 aromatic heterocycles. The Morgan fingerprint density at radius 3 is 2.11 bits per heavy atom. The number of halogens is 1. The summed E-state index contributed by atoms with van der Waals surface area (Å²) in [5, 5.41) is 2.99. The van der Waals surface area contributed by atoms with Gasteiger partial charge in [0.05, 0.1) is 13.5 Å². The quantitative estimate of drug-likeness (QED) is 0.317. The van der Waals surface area contributed by atoms with Gasteiger partial charge >= 0.3 is 0 Å². The van der Waals surface area contributed by atoms with Crippen molar-refractivity contribution in [2.24, 2.45) is 0 Å². The summed E-state index contributed by atoms with van der Waals surface area (Å²) in [5.41, 5.74) is 3.08. The summed E-state index contributed by atoms with van der Waals surface area (Å²) >= 11 is 0. The van der Waals surface area contributed by atoms with Crippen molar-refractivity contribution in [1.82, 2.24) is 10.2 Å². The van der Waals surface area contributed by atoms with Gasteiger partial charge in [0.15, 0.2) is 0 Å². The van der Waals surface area contributed by atoms with E-state index in [1.54, 1.807) is 24.1 Å².